The van der Waals surface area contributed by atoms with E-state index in [2.05, 4.69) is 10.2 Å². The van der Waals surface area contributed by atoms with Crippen LogP contribution < -0.4 is 5.73 Å². The number of carbonyl (C=O) groups is 1. The molecule has 0 bridgehead atoms. The zero-order valence-corrected chi connectivity index (χ0v) is 12.5. The number of nitrogens with one attached hydrogen (secondary N) is 1. The van der Waals surface area contributed by atoms with Crippen LogP contribution in [0.25, 0.3) is 0 Å². The van der Waals surface area contributed by atoms with Crippen LogP contribution in [0.1, 0.15) is 30.7 Å². The molecule has 0 spiro atoms. The minimum absolute atomic E-state index is 0.186. The zero-order chi connectivity index (χ0) is 14.9. The number of nitrogens with zero attached hydrogens (tertiary/aromatic N) is 2. The lowest BCUT2D eigenvalue weighted by atomic mass is 9.94. The van der Waals surface area contributed by atoms with E-state index in [0.717, 1.165) is 0 Å². The summed E-state index contributed by atoms with van der Waals surface area (Å²) in [6, 6.07) is 0. The first-order valence-corrected chi connectivity index (χ1v) is 8.06. The van der Waals surface area contributed by atoms with Gasteiger partial charge in [0.1, 0.15) is 4.90 Å². The highest BCUT2D eigenvalue weighted by Crippen LogP contribution is 2.27. The predicted molar refractivity (Wildman–Crippen MR) is 73.4 cm³/mol. The number of piperidine rings is 1. The lowest BCUT2D eigenvalue weighted by Gasteiger charge is -2.30. The van der Waals surface area contributed by atoms with Gasteiger partial charge in [0, 0.05) is 19.5 Å². The van der Waals surface area contributed by atoms with Crippen LogP contribution >= 0.6 is 0 Å². The summed E-state index contributed by atoms with van der Waals surface area (Å²) in [6.07, 6.45) is 1.66. The van der Waals surface area contributed by atoms with Crippen molar-refractivity contribution in [2.75, 3.05) is 13.1 Å². The third kappa shape index (κ3) is 2.85. The van der Waals surface area contributed by atoms with E-state index >= 15 is 0 Å². The topological polar surface area (TPSA) is 109 Å². The van der Waals surface area contributed by atoms with Gasteiger partial charge in [0.25, 0.3) is 0 Å². The second-order valence-corrected chi connectivity index (χ2v) is 7.16. The molecule has 3 N–H and O–H groups in total. The fourth-order valence-electron chi connectivity index (χ4n) is 2.69. The fourth-order valence-corrected chi connectivity index (χ4v) is 4.49. The normalized spacial score (nSPS) is 18.3. The van der Waals surface area contributed by atoms with Gasteiger partial charge in [-0.3, -0.25) is 9.89 Å². The Balaban J connectivity index is 2.12. The summed E-state index contributed by atoms with van der Waals surface area (Å²) in [7, 11) is -3.51. The molecular formula is C12H20N4O3S. The molecule has 1 aliphatic heterocycles. The van der Waals surface area contributed by atoms with Gasteiger partial charge < -0.3 is 5.73 Å². The molecule has 0 saturated carbocycles. The molecule has 0 atom stereocenters. The Kier molecular flexibility index (Phi) is 4.14. The fraction of sp³-hybridized carbons (Fsp3) is 0.667. The first-order valence-electron chi connectivity index (χ1n) is 6.62. The average molecular weight is 300 g/mol. The molecule has 20 heavy (non-hydrogen) atoms. The summed E-state index contributed by atoms with van der Waals surface area (Å²) in [5.74, 6) is -0.140. The summed E-state index contributed by atoms with van der Waals surface area (Å²) < 4.78 is 26.7. The van der Waals surface area contributed by atoms with Crippen molar-refractivity contribution < 1.29 is 13.2 Å². The van der Waals surface area contributed by atoms with E-state index < -0.39 is 10.0 Å². The number of carbonyl (C=O) groups excluding carboxylic acids is 1. The number of hydrogen-bond donors (Lipinski definition) is 2. The first-order chi connectivity index (χ1) is 9.32. The second-order valence-electron chi connectivity index (χ2n) is 5.28. The monoisotopic (exact) mass is 300 g/mol. The van der Waals surface area contributed by atoms with Crippen LogP contribution in [-0.2, 0) is 14.8 Å². The molecule has 1 saturated heterocycles. The van der Waals surface area contributed by atoms with Crippen molar-refractivity contribution in [2.24, 2.45) is 11.7 Å². The van der Waals surface area contributed by atoms with Gasteiger partial charge in [-0.1, -0.05) is 0 Å². The van der Waals surface area contributed by atoms with E-state index in [1.54, 1.807) is 13.8 Å². The van der Waals surface area contributed by atoms with E-state index in [1.165, 1.54) is 4.31 Å². The highest BCUT2D eigenvalue weighted by atomic mass is 32.2. The van der Waals surface area contributed by atoms with Gasteiger partial charge in [0.15, 0.2) is 0 Å². The molecule has 1 aromatic rings. The van der Waals surface area contributed by atoms with Crippen LogP contribution in [0.15, 0.2) is 4.90 Å². The number of sulfonamides is 1. The Morgan fingerprint density at radius 3 is 2.45 bits per heavy atom. The van der Waals surface area contributed by atoms with Crippen molar-refractivity contribution in [1.29, 1.82) is 0 Å². The van der Waals surface area contributed by atoms with Gasteiger partial charge in [-0.2, -0.15) is 9.40 Å². The molecule has 0 radical (unpaired) electrons. The van der Waals surface area contributed by atoms with Gasteiger partial charge in [-0.15, -0.1) is 0 Å². The summed E-state index contributed by atoms with van der Waals surface area (Å²) in [5.41, 5.74) is 6.22. The number of aromatic nitrogens is 2. The summed E-state index contributed by atoms with van der Waals surface area (Å²) in [6.45, 7) is 4.22. The summed E-state index contributed by atoms with van der Waals surface area (Å²) in [4.78, 5) is 11.2. The minimum Gasteiger partial charge on any atom is -0.370 e. The van der Waals surface area contributed by atoms with E-state index in [-0.39, 0.29) is 16.7 Å². The molecule has 1 fully saturated rings. The Hall–Kier alpha value is -1.41. The van der Waals surface area contributed by atoms with E-state index in [4.69, 9.17) is 5.73 Å². The molecule has 7 nitrogen and oxygen atoms in total. The Morgan fingerprint density at radius 2 is 2.00 bits per heavy atom. The Bertz CT molecular complexity index is 581. The van der Waals surface area contributed by atoms with Crippen molar-refractivity contribution in [3.05, 3.63) is 11.4 Å². The molecule has 0 aromatic carbocycles. The largest absolute Gasteiger partial charge is 0.370 e. The van der Waals surface area contributed by atoms with Crippen LogP contribution in [0.3, 0.4) is 0 Å². The van der Waals surface area contributed by atoms with Crippen LogP contribution in [0.5, 0.6) is 0 Å². The second kappa shape index (κ2) is 5.53. The standard InChI is InChI=1S/C12H20N4O3S/c1-8-12(9(2)15-14-8)20(18,19)16-5-3-10(4-6-16)7-11(13)17/h10H,3-7H2,1-2H3,(H2,13,17)(H,14,15). The third-order valence-corrected chi connectivity index (χ3v) is 5.88. The van der Waals surface area contributed by atoms with Crippen molar-refractivity contribution in [2.45, 2.75) is 38.0 Å². The SMILES string of the molecule is Cc1n[nH]c(C)c1S(=O)(=O)N1CCC(CC(N)=O)CC1. The number of nitrogens with two attached hydrogens (primary N) is 1. The molecule has 1 aliphatic rings. The Morgan fingerprint density at radius 1 is 1.40 bits per heavy atom. The number of hydrogen-bond acceptors (Lipinski definition) is 4. The molecule has 1 aromatic heterocycles. The van der Waals surface area contributed by atoms with Crippen LogP contribution in [0, 0.1) is 19.8 Å². The minimum atomic E-state index is -3.51. The van der Waals surface area contributed by atoms with Gasteiger partial charge in [0.05, 0.1) is 11.4 Å². The quantitative estimate of drug-likeness (QED) is 0.833. The lowest BCUT2D eigenvalue weighted by Crippen LogP contribution is -2.39. The summed E-state index contributed by atoms with van der Waals surface area (Å²) >= 11 is 0. The lowest BCUT2D eigenvalue weighted by molar-refractivity contribution is -0.119. The summed E-state index contributed by atoms with van der Waals surface area (Å²) in [5, 5.41) is 6.64. The number of rotatable bonds is 4. The highest BCUT2D eigenvalue weighted by molar-refractivity contribution is 7.89. The van der Waals surface area contributed by atoms with Crippen molar-refractivity contribution in [1.82, 2.24) is 14.5 Å². The molecule has 1 amide bonds. The van der Waals surface area contributed by atoms with Gasteiger partial charge in [-0.05, 0) is 32.6 Å². The predicted octanol–water partition coefficient (Wildman–Crippen LogP) is 0.303. The number of aromatic amines is 1. The van der Waals surface area contributed by atoms with Gasteiger partial charge in [-0.25, -0.2) is 8.42 Å². The molecular weight excluding hydrogens is 280 g/mol. The molecule has 112 valence electrons. The van der Waals surface area contributed by atoms with Crippen molar-refractivity contribution in [3.63, 3.8) is 0 Å². The van der Waals surface area contributed by atoms with Crippen LogP contribution in [0.4, 0.5) is 0 Å². The zero-order valence-electron chi connectivity index (χ0n) is 11.7. The maximum Gasteiger partial charge on any atom is 0.246 e. The number of aryl methyl sites for hydroxylation is 2. The van der Waals surface area contributed by atoms with Crippen molar-refractivity contribution >= 4 is 15.9 Å². The number of primary amides is 1. The van der Waals surface area contributed by atoms with E-state index in [1.807, 2.05) is 0 Å². The Labute approximate surface area is 118 Å². The van der Waals surface area contributed by atoms with Crippen LogP contribution in [-0.4, -0.2) is 41.9 Å². The maximum atomic E-state index is 12.6. The third-order valence-electron chi connectivity index (χ3n) is 3.72. The molecule has 2 heterocycles. The smallest absolute Gasteiger partial charge is 0.246 e. The number of amides is 1. The molecule has 0 unspecified atom stereocenters. The van der Waals surface area contributed by atoms with E-state index in [0.29, 0.717) is 43.7 Å². The van der Waals surface area contributed by atoms with Crippen molar-refractivity contribution in [3.8, 4) is 0 Å². The first kappa shape index (κ1) is 15.0. The molecule has 0 aliphatic carbocycles. The van der Waals surface area contributed by atoms with E-state index in [9.17, 15) is 13.2 Å². The maximum absolute atomic E-state index is 12.6. The van der Waals surface area contributed by atoms with Crippen LogP contribution in [0.2, 0.25) is 0 Å². The highest BCUT2D eigenvalue weighted by Gasteiger charge is 2.32. The molecule has 2 rings (SSSR count). The number of H-pyrrole nitrogens is 1. The van der Waals surface area contributed by atoms with Gasteiger partial charge >= 0.3 is 0 Å². The van der Waals surface area contributed by atoms with Gasteiger partial charge in [0.2, 0.25) is 15.9 Å². The molecule has 8 heteroatoms. The average Bonchev–Trinajstić information content (AvgIpc) is 2.69.